The molecule has 1 heterocycles. The van der Waals surface area contributed by atoms with E-state index in [1.165, 1.54) is 29.4 Å². The SMILES string of the molecule is Cc1occc1CN(C)C(=O)c1cccc(Cl)c1[N+](=O)[O-]. The normalized spacial score (nSPS) is 10.4. The van der Waals surface area contributed by atoms with Crippen LogP contribution >= 0.6 is 11.6 Å². The van der Waals surface area contributed by atoms with Gasteiger partial charge in [-0.3, -0.25) is 14.9 Å². The maximum absolute atomic E-state index is 12.4. The molecule has 0 bridgehead atoms. The molecule has 0 spiro atoms. The van der Waals surface area contributed by atoms with Crippen LogP contribution in [0.3, 0.4) is 0 Å². The molecule has 0 aliphatic carbocycles. The molecule has 2 rings (SSSR count). The summed E-state index contributed by atoms with van der Waals surface area (Å²) in [5.74, 6) is 0.236. The Labute approximate surface area is 126 Å². The van der Waals surface area contributed by atoms with Gasteiger partial charge in [-0.15, -0.1) is 0 Å². The van der Waals surface area contributed by atoms with Gasteiger partial charge in [-0.1, -0.05) is 17.7 Å². The molecule has 110 valence electrons. The van der Waals surface area contributed by atoms with E-state index >= 15 is 0 Å². The lowest BCUT2D eigenvalue weighted by molar-refractivity contribution is -0.385. The van der Waals surface area contributed by atoms with Gasteiger partial charge in [0.1, 0.15) is 16.3 Å². The Morgan fingerprint density at radius 2 is 2.14 bits per heavy atom. The standard InChI is InChI=1S/C14H13ClN2O4/c1-9-10(6-7-21-9)8-16(2)14(18)11-4-3-5-12(15)13(11)17(19)20/h3-7H,8H2,1-2H3. The van der Waals surface area contributed by atoms with Crippen molar-refractivity contribution in [1.82, 2.24) is 4.90 Å². The largest absolute Gasteiger partial charge is 0.469 e. The highest BCUT2D eigenvalue weighted by molar-refractivity contribution is 6.33. The van der Waals surface area contributed by atoms with Gasteiger partial charge in [-0.2, -0.15) is 0 Å². The fourth-order valence-electron chi connectivity index (χ4n) is 1.98. The summed E-state index contributed by atoms with van der Waals surface area (Å²) >= 11 is 5.81. The molecule has 1 aromatic carbocycles. The van der Waals surface area contributed by atoms with Gasteiger partial charge in [0.2, 0.25) is 0 Å². The Morgan fingerprint density at radius 1 is 1.43 bits per heavy atom. The quantitative estimate of drug-likeness (QED) is 0.640. The van der Waals surface area contributed by atoms with Gasteiger partial charge in [0.05, 0.1) is 11.2 Å². The van der Waals surface area contributed by atoms with Crippen LogP contribution in [0.2, 0.25) is 5.02 Å². The number of amides is 1. The van der Waals surface area contributed by atoms with Crippen molar-refractivity contribution in [2.75, 3.05) is 7.05 Å². The summed E-state index contributed by atoms with van der Waals surface area (Å²) in [7, 11) is 1.57. The highest BCUT2D eigenvalue weighted by Gasteiger charge is 2.26. The number of rotatable bonds is 4. The molecule has 0 unspecified atom stereocenters. The van der Waals surface area contributed by atoms with E-state index in [-0.39, 0.29) is 16.3 Å². The minimum absolute atomic E-state index is 0.0313. The summed E-state index contributed by atoms with van der Waals surface area (Å²) in [6.45, 7) is 2.08. The second kappa shape index (κ2) is 5.97. The zero-order valence-electron chi connectivity index (χ0n) is 11.5. The highest BCUT2D eigenvalue weighted by atomic mass is 35.5. The van der Waals surface area contributed by atoms with Gasteiger partial charge in [0, 0.05) is 19.2 Å². The molecule has 0 N–H and O–H groups in total. The second-order valence-electron chi connectivity index (χ2n) is 4.56. The van der Waals surface area contributed by atoms with Crippen LogP contribution in [0.5, 0.6) is 0 Å². The van der Waals surface area contributed by atoms with Crippen molar-refractivity contribution in [2.45, 2.75) is 13.5 Å². The second-order valence-corrected chi connectivity index (χ2v) is 4.96. The summed E-state index contributed by atoms with van der Waals surface area (Å²) in [5.41, 5.74) is 0.437. The van der Waals surface area contributed by atoms with Crippen LogP contribution in [0.15, 0.2) is 34.9 Å². The van der Waals surface area contributed by atoms with Crippen molar-refractivity contribution in [3.8, 4) is 0 Å². The molecule has 0 radical (unpaired) electrons. The number of furan rings is 1. The molecule has 1 aromatic heterocycles. The van der Waals surface area contributed by atoms with E-state index in [2.05, 4.69) is 0 Å². The Hall–Kier alpha value is -2.34. The number of nitro groups is 1. The number of carbonyl (C=O) groups excluding carboxylic acids is 1. The number of aryl methyl sites for hydroxylation is 1. The fraction of sp³-hybridized carbons (Fsp3) is 0.214. The predicted molar refractivity (Wildman–Crippen MR) is 77.3 cm³/mol. The van der Waals surface area contributed by atoms with Gasteiger partial charge in [0.25, 0.3) is 5.91 Å². The molecule has 0 atom stereocenters. The van der Waals surface area contributed by atoms with E-state index in [9.17, 15) is 14.9 Å². The Bertz CT molecular complexity index is 696. The molecule has 0 aliphatic heterocycles. The summed E-state index contributed by atoms with van der Waals surface area (Å²) in [6.07, 6.45) is 1.53. The molecule has 1 amide bonds. The number of nitro benzene ring substituents is 1. The van der Waals surface area contributed by atoms with Crippen LogP contribution in [0.4, 0.5) is 5.69 Å². The van der Waals surface area contributed by atoms with E-state index in [4.69, 9.17) is 16.0 Å². The maximum atomic E-state index is 12.4. The molecule has 2 aromatic rings. The molecule has 21 heavy (non-hydrogen) atoms. The average Bonchev–Trinajstić information content (AvgIpc) is 2.82. The van der Waals surface area contributed by atoms with Crippen molar-refractivity contribution in [1.29, 1.82) is 0 Å². The first kappa shape index (κ1) is 15.1. The first-order chi connectivity index (χ1) is 9.91. The lowest BCUT2D eigenvalue weighted by Gasteiger charge is -2.17. The van der Waals surface area contributed by atoms with Crippen molar-refractivity contribution < 1.29 is 14.1 Å². The number of hydrogen-bond donors (Lipinski definition) is 0. The Morgan fingerprint density at radius 3 is 2.71 bits per heavy atom. The number of nitrogens with zero attached hydrogens (tertiary/aromatic N) is 2. The predicted octanol–water partition coefficient (Wildman–Crippen LogP) is 3.42. The number of carbonyl (C=O) groups is 1. The molecular weight excluding hydrogens is 296 g/mol. The first-order valence-electron chi connectivity index (χ1n) is 6.13. The zero-order valence-corrected chi connectivity index (χ0v) is 12.3. The maximum Gasteiger partial charge on any atom is 0.300 e. The van der Waals surface area contributed by atoms with E-state index < -0.39 is 10.8 Å². The van der Waals surface area contributed by atoms with E-state index in [1.54, 1.807) is 20.0 Å². The van der Waals surface area contributed by atoms with E-state index in [0.29, 0.717) is 12.3 Å². The molecule has 0 saturated carbocycles. The topological polar surface area (TPSA) is 76.6 Å². The van der Waals surface area contributed by atoms with Crippen LogP contribution in [0, 0.1) is 17.0 Å². The fourth-order valence-corrected chi connectivity index (χ4v) is 2.23. The summed E-state index contributed by atoms with van der Waals surface area (Å²) in [6, 6.07) is 6.05. The molecule has 7 heteroatoms. The molecule has 0 aliphatic rings. The molecule has 6 nitrogen and oxygen atoms in total. The lowest BCUT2D eigenvalue weighted by Crippen LogP contribution is -2.27. The minimum atomic E-state index is -0.646. The van der Waals surface area contributed by atoms with Gasteiger partial charge < -0.3 is 9.32 Å². The molecular formula is C14H13ClN2O4. The van der Waals surface area contributed by atoms with Crippen LogP contribution in [0.25, 0.3) is 0 Å². The van der Waals surface area contributed by atoms with Crippen LogP contribution in [-0.2, 0) is 6.54 Å². The third-order valence-electron chi connectivity index (χ3n) is 3.12. The average molecular weight is 309 g/mol. The first-order valence-corrected chi connectivity index (χ1v) is 6.51. The Balaban J connectivity index is 2.30. The molecule has 0 fully saturated rings. The van der Waals surface area contributed by atoms with Crippen molar-refractivity contribution in [3.63, 3.8) is 0 Å². The van der Waals surface area contributed by atoms with Gasteiger partial charge in [-0.05, 0) is 25.1 Å². The van der Waals surface area contributed by atoms with Crippen molar-refractivity contribution in [2.24, 2.45) is 0 Å². The summed E-state index contributed by atoms with van der Waals surface area (Å²) < 4.78 is 5.16. The zero-order chi connectivity index (χ0) is 15.6. The number of hydrogen-bond acceptors (Lipinski definition) is 4. The van der Waals surface area contributed by atoms with E-state index in [1.807, 2.05) is 0 Å². The number of para-hydroxylation sites is 1. The number of halogens is 1. The lowest BCUT2D eigenvalue weighted by atomic mass is 10.1. The van der Waals surface area contributed by atoms with Crippen LogP contribution in [0.1, 0.15) is 21.7 Å². The van der Waals surface area contributed by atoms with Gasteiger partial charge in [-0.25, -0.2) is 0 Å². The van der Waals surface area contributed by atoms with Crippen molar-refractivity contribution in [3.05, 3.63) is 62.6 Å². The smallest absolute Gasteiger partial charge is 0.300 e. The molecule has 0 saturated heterocycles. The third kappa shape index (κ3) is 3.05. The van der Waals surface area contributed by atoms with Gasteiger partial charge >= 0.3 is 5.69 Å². The summed E-state index contributed by atoms with van der Waals surface area (Å²) in [5, 5.41) is 11.0. The summed E-state index contributed by atoms with van der Waals surface area (Å²) in [4.78, 5) is 24.2. The third-order valence-corrected chi connectivity index (χ3v) is 3.43. The van der Waals surface area contributed by atoms with Crippen LogP contribution in [-0.4, -0.2) is 22.8 Å². The van der Waals surface area contributed by atoms with E-state index in [0.717, 1.165) is 5.56 Å². The van der Waals surface area contributed by atoms with Gasteiger partial charge in [0.15, 0.2) is 0 Å². The minimum Gasteiger partial charge on any atom is -0.469 e. The Kier molecular flexibility index (Phi) is 4.28. The van der Waals surface area contributed by atoms with Crippen molar-refractivity contribution >= 4 is 23.2 Å². The highest BCUT2D eigenvalue weighted by Crippen LogP contribution is 2.29. The monoisotopic (exact) mass is 308 g/mol. The van der Waals surface area contributed by atoms with Crippen LogP contribution < -0.4 is 0 Å². The number of benzene rings is 1.